The van der Waals surface area contributed by atoms with Crippen LogP contribution in [-0.4, -0.2) is 46.9 Å². The fraction of sp³-hybridized carbons (Fsp3) is 0.381. The summed E-state index contributed by atoms with van der Waals surface area (Å²) in [5.74, 6) is 0.306. The van der Waals surface area contributed by atoms with E-state index in [0.717, 1.165) is 45.6 Å². The van der Waals surface area contributed by atoms with Crippen molar-refractivity contribution in [3.63, 3.8) is 0 Å². The van der Waals surface area contributed by atoms with E-state index >= 15 is 0 Å². The van der Waals surface area contributed by atoms with E-state index in [-0.39, 0.29) is 0 Å². The van der Waals surface area contributed by atoms with Crippen LogP contribution >= 0.6 is 11.3 Å². The summed E-state index contributed by atoms with van der Waals surface area (Å²) in [6.07, 6.45) is 4.59. The zero-order valence-corrected chi connectivity index (χ0v) is 15.8. The van der Waals surface area contributed by atoms with Crippen LogP contribution in [0.4, 0.5) is 0 Å². The molecule has 0 spiro atoms. The fourth-order valence-electron chi connectivity index (χ4n) is 3.70. The van der Waals surface area contributed by atoms with Gasteiger partial charge in [0, 0.05) is 61.1 Å². The lowest BCUT2D eigenvalue weighted by molar-refractivity contribution is -0.133. The maximum absolute atomic E-state index is 12.5. The number of amides is 1. The summed E-state index contributed by atoms with van der Waals surface area (Å²) < 4.78 is 0. The maximum atomic E-state index is 12.5. The number of hydrogen-bond donors (Lipinski definition) is 1. The number of nitrogens with zero attached hydrogens (tertiary/aromatic N) is 2. The standard InChI is InChI=1S/C21H25N3OS/c25-21(9-3-5-17-15-22-20-8-2-1-7-19(17)20)24-12-10-23(11-13-24)16-18-6-4-14-26-18/h1-2,4,6-8,14-15,22H,3,5,9-13,16H2. The van der Waals surface area contributed by atoms with Gasteiger partial charge in [-0.3, -0.25) is 9.69 Å². The van der Waals surface area contributed by atoms with Gasteiger partial charge in [0.05, 0.1) is 0 Å². The first-order valence-electron chi connectivity index (χ1n) is 9.37. The summed E-state index contributed by atoms with van der Waals surface area (Å²) in [6.45, 7) is 4.69. The first-order valence-corrected chi connectivity index (χ1v) is 10.2. The molecular weight excluding hydrogens is 342 g/mol. The topological polar surface area (TPSA) is 39.3 Å². The highest BCUT2D eigenvalue weighted by atomic mass is 32.1. The Morgan fingerprint density at radius 3 is 2.73 bits per heavy atom. The zero-order chi connectivity index (χ0) is 17.8. The zero-order valence-electron chi connectivity index (χ0n) is 15.0. The summed E-state index contributed by atoms with van der Waals surface area (Å²) in [7, 11) is 0. The summed E-state index contributed by atoms with van der Waals surface area (Å²) in [5.41, 5.74) is 2.49. The van der Waals surface area contributed by atoms with E-state index in [1.165, 1.54) is 21.3 Å². The molecule has 1 aliphatic rings. The fourth-order valence-corrected chi connectivity index (χ4v) is 4.45. The number of aryl methyl sites for hydroxylation is 1. The lowest BCUT2D eigenvalue weighted by Gasteiger charge is -2.34. The molecule has 1 aromatic carbocycles. The summed E-state index contributed by atoms with van der Waals surface area (Å²) in [4.78, 5) is 21.7. The molecule has 1 fully saturated rings. The van der Waals surface area contributed by atoms with Crippen LogP contribution in [0.1, 0.15) is 23.3 Å². The Balaban J connectivity index is 1.22. The van der Waals surface area contributed by atoms with Crippen molar-refractivity contribution >= 4 is 28.1 Å². The Kier molecular flexibility index (Phi) is 5.37. The van der Waals surface area contributed by atoms with E-state index in [0.29, 0.717) is 12.3 Å². The van der Waals surface area contributed by atoms with Crippen LogP contribution in [-0.2, 0) is 17.8 Å². The molecule has 26 heavy (non-hydrogen) atoms. The summed E-state index contributed by atoms with van der Waals surface area (Å²) >= 11 is 1.81. The SMILES string of the molecule is O=C(CCCc1c[nH]c2ccccc12)N1CCN(Cc2cccs2)CC1. The highest BCUT2D eigenvalue weighted by Gasteiger charge is 2.21. The number of carbonyl (C=O) groups excluding carboxylic acids is 1. The molecule has 1 N–H and O–H groups in total. The van der Waals surface area contributed by atoms with Gasteiger partial charge in [0.25, 0.3) is 0 Å². The number of nitrogens with one attached hydrogen (secondary N) is 1. The Labute approximate surface area is 158 Å². The van der Waals surface area contributed by atoms with Crippen molar-refractivity contribution in [3.8, 4) is 0 Å². The number of H-pyrrole nitrogens is 1. The Morgan fingerprint density at radius 1 is 1.08 bits per heavy atom. The molecular formula is C21H25N3OS. The lowest BCUT2D eigenvalue weighted by atomic mass is 10.1. The quantitative estimate of drug-likeness (QED) is 0.718. The number of fused-ring (bicyclic) bond motifs is 1. The van der Waals surface area contributed by atoms with Crippen molar-refractivity contribution in [1.82, 2.24) is 14.8 Å². The molecule has 0 aliphatic carbocycles. The smallest absolute Gasteiger partial charge is 0.222 e. The lowest BCUT2D eigenvalue weighted by Crippen LogP contribution is -2.48. The van der Waals surface area contributed by atoms with Crippen LogP contribution < -0.4 is 0 Å². The number of aromatic nitrogens is 1. The monoisotopic (exact) mass is 367 g/mol. The van der Waals surface area contributed by atoms with Crippen molar-refractivity contribution in [1.29, 1.82) is 0 Å². The second kappa shape index (κ2) is 8.06. The highest BCUT2D eigenvalue weighted by Crippen LogP contribution is 2.20. The molecule has 1 saturated heterocycles. The number of benzene rings is 1. The van der Waals surface area contributed by atoms with E-state index in [1.807, 2.05) is 22.3 Å². The van der Waals surface area contributed by atoms with Crippen molar-refractivity contribution in [2.45, 2.75) is 25.8 Å². The Bertz CT molecular complexity index is 847. The second-order valence-corrected chi connectivity index (χ2v) is 7.98. The van der Waals surface area contributed by atoms with Gasteiger partial charge in [-0.1, -0.05) is 24.3 Å². The normalized spacial score (nSPS) is 15.6. The van der Waals surface area contributed by atoms with Crippen LogP contribution in [0.2, 0.25) is 0 Å². The van der Waals surface area contributed by atoms with Crippen LogP contribution in [0, 0.1) is 0 Å². The van der Waals surface area contributed by atoms with Crippen molar-refractivity contribution in [2.75, 3.05) is 26.2 Å². The molecule has 0 atom stereocenters. The number of para-hydroxylation sites is 1. The number of aromatic amines is 1. The molecule has 4 nitrogen and oxygen atoms in total. The van der Waals surface area contributed by atoms with E-state index in [2.05, 4.69) is 51.8 Å². The van der Waals surface area contributed by atoms with Crippen LogP contribution in [0.3, 0.4) is 0 Å². The molecule has 3 aromatic rings. The van der Waals surface area contributed by atoms with E-state index in [1.54, 1.807) is 0 Å². The molecule has 136 valence electrons. The molecule has 5 heteroatoms. The third kappa shape index (κ3) is 4.00. The molecule has 3 heterocycles. The average molecular weight is 368 g/mol. The predicted molar refractivity (Wildman–Crippen MR) is 107 cm³/mol. The number of carbonyl (C=O) groups is 1. The minimum atomic E-state index is 0.306. The first kappa shape index (κ1) is 17.3. The average Bonchev–Trinajstić information content (AvgIpc) is 3.32. The van der Waals surface area contributed by atoms with Gasteiger partial charge in [0.15, 0.2) is 0 Å². The van der Waals surface area contributed by atoms with Gasteiger partial charge >= 0.3 is 0 Å². The number of hydrogen-bond acceptors (Lipinski definition) is 3. The summed E-state index contributed by atoms with van der Waals surface area (Å²) in [6, 6.07) is 12.7. The number of rotatable bonds is 6. The number of piperazine rings is 1. The van der Waals surface area contributed by atoms with Gasteiger partial charge in [-0.15, -0.1) is 11.3 Å². The van der Waals surface area contributed by atoms with Gasteiger partial charge in [0.2, 0.25) is 5.91 Å². The molecule has 0 unspecified atom stereocenters. The van der Waals surface area contributed by atoms with Crippen LogP contribution in [0.15, 0.2) is 48.0 Å². The third-order valence-electron chi connectivity index (χ3n) is 5.20. The van der Waals surface area contributed by atoms with Gasteiger partial charge in [-0.2, -0.15) is 0 Å². The van der Waals surface area contributed by atoms with Crippen LogP contribution in [0.25, 0.3) is 10.9 Å². The molecule has 0 radical (unpaired) electrons. The molecule has 1 aliphatic heterocycles. The Morgan fingerprint density at radius 2 is 1.92 bits per heavy atom. The molecule has 4 rings (SSSR count). The van der Waals surface area contributed by atoms with Gasteiger partial charge < -0.3 is 9.88 Å². The molecule has 0 bridgehead atoms. The third-order valence-corrected chi connectivity index (χ3v) is 6.06. The highest BCUT2D eigenvalue weighted by molar-refractivity contribution is 7.09. The van der Waals surface area contributed by atoms with Crippen molar-refractivity contribution in [3.05, 3.63) is 58.4 Å². The molecule has 0 saturated carbocycles. The Hall–Kier alpha value is -2.11. The van der Waals surface area contributed by atoms with E-state index < -0.39 is 0 Å². The van der Waals surface area contributed by atoms with Gasteiger partial charge in [0.1, 0.15) is 0 Å². The van der Waals surface area contributed by atoms with E-state index in [9.17, 15) is 4.79 Å². The predicted octanol–water partition coefficient (Wildman–Crippen LogP) is 3.90. The molecule has 2 aromatic heterocycles. The maximum Gasteiger partial charge on any atom is 0.222 e. The van der Waals surface area contributed by atoms with Crippen molar-refractivity contribution < 1.29 is 4.79 Å². The van der Waals surface area contributed by atoms with Gasteiger partial charge in [-0.25, -0.2) is 0 Å². The minimum Gasteiger partial charge on any atom is -0.361 e. The van der Waals surface area contributed by atoms with Gasteiger partial charge in [-0.05, 0) is 35.9 Å². The minimum absolute atomic E-state index is 0.306. The summed E-state index contributed by atoms with van der Waals surface area (Å²) in [5, 5.41) is 3.41. The number of thiophene rings is 1. The first-order chi connectivity index (χ1) is 12.8. The van der Waals surface area contributed by atoms with Crippen LogP contribution in [0.5, 0.6) is 0 Å². The second-order valence-electron chi connectivity index (χ2n) is 6.95. The largest absolute Gasteiger partial charge is 0.361 e. The van der Waals surface area contributed by atoms with Crippen molar-refractivity contribution in [2.24, 2.45) is 0 Å². The van der Waals surface area contributed by atoms with E-state index in [4.69, 9.17) is 0 Å². The molecule has 1 amide bonds.